The third-order valence-corrected chi connectivity index (χ3v) is 3.87. The van der Waals surface area contributed by atoms with Crippen molar-refractivity contribution in [1.82, 2.24) is 9.55 Å². The van der Waals surface area contributed by atoms with Crippen LogP contribution in [0.4, 0.5) is 0 Å². The molecule has 2 rings (SSSR count). The number of halogens is 2. The molecule has 22 heavy (non-hydrogen) atoms. The van der Waals surface area contributed by atoms with Gasteiger partial charge in [-0.15, -0.1) is 0 Å². The molecule has 0 unspecified atom stereocenters. The van der Waals surface area contributed by atoms with E-state index in [2.05, 4.69) is 34.8 Å². The molecule has 5 nitrogen and oxygen atoms in total. The summed E-state index contributed by atoms with van der Waals surface area (Å²) in [5.41, 5.74) is 1.84. The number of aryl methyl sites for hydroxylation is 2. The first-order chi connectivity index (χ1) is 10.5. The molecule has 0 saturated carbocycles. The van der Waals surface area contributed by atoms with Crippen LogP contribution in [0, 0.1) is 0 Å². The van der Waals surface area contributed by atoms with Crippen LogP contribution in [0.25, 0.3) is 5.69 Å². The van der Waals surface area contributed by atoms with Crippen LogP contribution in [0.2, 0.25) is 5.15 Å². The first-order valence-electron chi connectivity index (χ1n) is 6.63. The minimum atomic E-state index is 0.250. The van der Waals surface area contributed by atoms with Gasteiger partial charge < -0.3 is 4.74 Å². The van der Waals surface area contributed by atoms with E-state index in [1.54, 1.807) is 7.11 Å². The second-order valence-corrected chi connectivity index (χ2v) is 5.48. The van der Waals surface area contributed by atoms with Crippen molar-refractivity contribution in [3.63, 3.8) is 0 Å². The van der Waals surface area contributed by atoms with Gasteiger partial charge in [-0.25, -0.2) is 4.98 Å². The van der Waals surface area contributed by atoms with Gasteiger partial charge in [-0.1, -0.05) is 41.4 Å². The third-order valence-electron chi connectivity index (χ3n) is 2.99. The minimum Gasteiger partial charge on any atom is -0.495 e. The number of ether oxygens (including phenoxy) is 1. The highest BCUT2D eigenvalue weighted by atomic mass is 79.9. The molecule has 0 spiro atoms. The summed E-state index contributed by atoms with van der Waals surface area (Å²) in [5, 5.41) is 0.667. The quantitative estimate of drug-likeness (QED) is 0.800. The van der Waals surface area contributed by atoms with Gasteiger partial charge in [-0.3, -0.25) is 4.57 Å². The van der Waals surface area contributed by atoms with Crippen LogP contribution in [0.5, 0.6) is 5.75 Å². The number of nitrogens with zero attached hydrogens (tertiary/aromatic N) is 2. The predicted molar refractivity (Wildman–Crippen MR) is 86.6 cm³/mol. The van der Waals surface area contributed by atoms with E-state index in [0.717, 1.165) is 40.3 Å². The van der Waals surface area contributed by atoms with Crippen molar-refractivity contribution in [2.45, 2.75) is 26.7 Å². The summed E-state index contributed by atoms with van der Waals surface area (Å²) in [4.78, 5) is 20.8. The highest BCUT2D eigenvalue weighted by Crippen LogP contribution is 2.32. The van der Waals surface area contributed by atoms with Crippen molar-refractivity contribution in [1.29, 1.82) is 0 Å². The largest absolute Gasteiger partial charge is 0.495 e. The molecule has 1 aromatic carbocycles. The Kier molecular flexibility index (Phi) is 7.32. The molecule has 0 aliphatic heterocycles. The molecule has 0 aliphatic rings. The smallest absolute Gasteiger partial charge is 0.373 e. The lowest BCUT2D eigenvalue weighted by atomic mass is 10.2. The maximum absolute atomic E-state index is 8.12. The minimum absolute atomic E-state index is 0.250. The molecule has 1 heterocycles. The zero-order chi connectivity index (χ0) is 16.7. The van der Waals surface area contributed by atoms with Crippen molar-refractivity contribution in [2.24, 2.45) is 0 Å². The third kappa shape index (κ3) is 3.97. The van der Waals surface area contributed by atoms with E-state index in [1.165, 1.54) is 0 Å². The summed E-state index contributed by atoms with van der Waals surface area (Å²) in [6.45, 7) is 4.12. The van der Waals surface area contributed by atoms with E-state index in [1.807, 2.05) is 22.8 Å². The van der Waals surface area contributed by atoms with Crippen LogP contribution >= 0.6 is 27.5 Å². The van der Waals surface area contributed by atoms with Gasteiger partial charge in [0.25, 0.3) is 0 Å². The van der Waals surface area contributed by atoms with Crippen LogP contribution in [-0.2, 0) is 22.4 Å². The SMILES string of the molecule is CCc1nc(CC)n(-c2ccc(Br)cc2OC)c1Cl.O=C=O. The van der Waals surface area contributed by atoms with Crippen molar-refractivity contribution in [3.05, 3.63) is 39.3 Å². The van der Waals surface area contributed by atoms with Gasteiger partial charge in [0.05, 0.1) is 18.5 Å². The Hall–Kier alpha value is -1.62. The van der Waals surface area contributed by atoms with E-state index in [-0.39, 0.29) is 6.15 Å². The van der Waals surface area contributed by atoms with E-state index in [9.17, 15) is 0 Å². The number of hydrogen-bond donors (Lipinski definition) is 0. The van der Waals surface area contributed by atoms with Crippen LogP contribution in [0.1, 0.15) is 25.4 Å². The number of benzene rings is 1. The van der Waals surface area contributed by atoms with Gasteiger partial charge in [-0.05, 0) is 24.6 Å². The van der Waals surface area contributed by atoms with Gasteiger partial charge >= 0.3 is 6.15 Å². The Labute approximate surface area is 142 Å². The van der Waals surface area contributed by atoms with Gasteiger partial charge in [0.15, 0.2) is 0 Å². The maximum Gasteiger partial charge on any atom is 0.373 e. The predicted octanol–water partition coefficient (Wildman–Crippen LogP) is 3.84. The van der Waals surface area contributed by atoms with Gasteiger partial charge in [0.1, 0.15) is 16.7 Å². The van der Waals surface area contributed by atoms with E-state index >= 15 is 0 Å². The van der Waals surface area contributed by atoms with E-state index < -0.39 is 0 Å². The monoisotopic (exact) mass is 386 g/mol. The molecule has 0 radical (unpaired) electrons. The van der Waals surface area contributed by atoms with Crippen LogP contribution in [-0.4, -0.2) is 22.8 Å². The Balaban J connectivity index is 0.000000745. The summed E-state index contributed by atoms with van der Waals surface area (Å²) in [6, 6.07) is 5.88. The standard InChI is InChI=1S/C14H16BrClN2O.CO2/c1-4-10-14(16)18(13(5-2)17-10)11-7-6-9(15)8-12(11)19-3;2-1-3/h6-8H,4-5H2,1-3H3;. The molecule has 0 fully saturated rings. The molecule has 7 heteroatoms. The number of hydrogen-bond acceptors (Lipinski definition) is 4. The molecule has 1 aromatic heterocycles. The Bertz CT molecular complexity index is 680. The zero-order valence-electron chi connectivity index (χ0n) is 12.5. The van der Waals surface area contributed by atoms with E-state index in [4.69, 9.17) is 25.9 Å². The molecular formula is C15H16BrClN2O3. The second-order valence-electron chi connectivity index (χ2n) is 4.21. The number of methoxy groups -OCH3 is 1. The topological polar surface area (TPSA) is 61.2 Å². The molecular weight excluding hydrogens is 372 g/mol. The second kappa shape index (κ2) is 8.73. The Morgan fingerprint density at radius 2 is 1.95 bits per heavy atom. The van der Waals surface area contributed by atoms with E-state index in [0.29, 0.717) is 5.15 Å². The van der Waals surface area contributed by atoms with Gasteiger partial charge in [0.2, 0.25) is 0 Å². The summed E-state index contributed by atoms with van der Waals surface area (Å²) in [6.07, 6.45) is 1.89. The molecule has 2 aromatic rings. The summed E-state index contributed by atoms with van der Waals surface area (Å²) in [7, 11) is 1.66. The summed E-state index contributed by atoms with van der Waals surface area (Å²) >= 11 is 9.89. The number of aromatic nitrogens is 2. The molecule has 0 atom stereocenters. The number of carbonyl (C=O) groups excluding carboxylic acids is 2. The molecule has 0 N–H and O–H groups in total. The summed E-state index contributed by atoms with van der Waals surface area (Å²) in [5.74, 6) is 1.72. The van der Waals surface area contributed by atoms with Crippen molar-refractivity contribution in [2.75, 3.05) is 7.11 Å². The first kappa shape index (κ1) is 18.4. The lowest BCUT2D eigenvalue weighted by Gasteiger charge is -2.13. The molecule has 118 valence electrons. The molecule has 0 amide bonds. The fourth-order valence-corrected chi connectivity index (χ4v) is 2.74. The van der Waals surface area contributed by atoms with Crippen molar-refractivity contribution < 1.29 is 14.3 Å². The maximum atomic E-state index is 8.12. The van der Waals surface area contributed by atoms with Crippen molar-refractivity contribution >= 4 is 33.7 Å². The van der Waals surface area contributed by atoms with Crippen molar-refractivity contribution in [3.8, 4) is 11.4 Å². The fourth-order valence-electron chi connectivity index (χ4n) is 2.04. The highest BCUT2D eigenvalue weighted by Gasteiger charge is 2.17. The normalized spacial score (nSPS) is 9.68. The average Bonchev–Trinajstić information content (AvgIpc) is 2.84. The fraction of sp³-hybridized carbons (Fsp3) is 0.333. The van der Waals surface area contributed by atoms with Gasteiger partial charge in [0, 0.05) is 10.9 Å². The molecule has 0 aliphatic carbocycles. The molecule has 0 saturated heterocycles. The Morgan fingerprint density at radius 3 is 2.45 bits per heavy atom. The van der Waals surface area contributed by atoms with Gasteiger partial charge in [-0.2, -0.15) is 9.59 Å². The van der Waals surface area contributed by atoms with Crippen LogP contribution < -0.4 is 4.74 Å². The lowest BCUT2D eigenvalue weighted by Crippen LogP contribution is -2.02. The zero-order valence-corrected chi connectivity index (χ0v) is 14.9. The molecule has 0 bridgehead atoms. The highest BCUT2D eigenvalue weighted by molar-refractivity contribution is 9.10. The number of rotatable bonds is 4. The van der Waals surface area contributed by atoms with Crippen LogP contribution in [0.15, 0.2) is 22.7 Å². The lowest BCUT2D eigenvalue weighted by molar-refractivity contribution is -0.191. The summed E-state index contributed by atoms with van der Waals surface area (Å²) < 4.78 is 8.38. The average molecular weight is 388 g/mol. The number of imidazole rings is 1. The first-order valence-corrected chi connectivity index (χ1v) is 7.80. The van der Waals surface area contributed by atoms with Crippen LogP contribution in [0.3, 0.4) is 0 Å². The Morgan fingerprint density at radius 1 is 1.32 bits per heavy atom.